The van der Waals surface area contributed by atoms with Crippen molar-refractivity contribution in [2.45, 2.75) is 0 Å². The largest absolute Gasteiger partial charge is 0.497 e. The van der Waals surface area contributed by atoms with Gasteiger partial charge in [0.05, 0.1) is 18.5 Å². The number of nitrogens with zero attached hydrogens (tertiary/aromatic N) is 4. The van der Waals surface area contributed by atoms with Gasteiger partial charge in [0.25, 0.3) is 0 Å². The number of halogens is 1. The van der Waals surface area contributed by atoms with Crippen molar-refractivity contribution in [2.75, 3.05) is 12.8 Å². The van der Waals surface area contributed by atoms with Crippen LogP contribution in [0.5, 0.6) is 5.75 Å². The Bertz CT molecular complexity index is 1070. The average molecular weight is 428 g/mol. The van der Waals surface area contributed by atoms with Gasteiger partial charge in [0, 0.05) is 21.5 Å². The van der Waals surface area contributed by atoms with Gasteiger partial charge in [0.15, 0.2) is 11.5 Å². The summed E-state index contributed by atoms with van der Waals surface area (Å²) in [5.74, 6) is 1.17. The number of hydrogen-bond acceptors (Lipinski definition) is 6. The lowest BCUT2D eigenvalue weighted by Gasteiger charge is -2.05. The molecule has 6 nitrogen and oxygen atoms in total. The van der Waals surface area contributed by atoms with Gasteiger partial charge in [0.2, 0.25) is 0 Å². The molecule has 0 atom stereocenters. The quantitative estimate of drug-likeness (QED) is 0.521. The minimum Gasteiger partial charge on any atom is -0.497 e. The van der Waals surface area contributed by atoms with Crippen LogP contribution in [0.15, 0.2) is 58.4 Å². The average Bonchev–Trinajstić information content (AvgIpc) is 3.28. The predicted molar refractivity (Wildman–Crippen MR) is 107 cm³/mol. The van der Waals surface area contributed by atoms with Gasteiger partial charge in [-0.3, -0.25) is 0 Å². The van der Waals surface area contributed by atoms with Crippen molar-refractivity contribution in [3.8, 4) is 33.4 Å². The number of benzene rings is 2. The van der Waals surface area contributed by atoms with Crippen molar-refractivity contribution in [3.63, 3.8) is 0 Å². The molecule has 2 aromatic carbocycles. The molecule has 0 aliphatic heterocycles. The van der Waals surface area contributed by atoms with E-state index in [4.69, 9.17) is 10.5 Å². The maximum absolute atomic E-state index is 6.29. The van der Waals surface area contributed by atoms with Gasteiger partial charge in [-0.1, -0.05) is 39.3 Å². The van der Waals surface area contributed by atoms with Crippen molar-refractivity contribution in [1.29, 1.82) is 0 Å². The van der Waals surface area contributed by atoms with Crippen molar-refractivity contribution >= 4 is 33.1 Å². The van der Waals surface area contributed by atoms with Crippen molar-refractivity contribution in [3.05, 3.63) is 58.4 Å². The Labute approximate surface area is 162 Å². The topological polar surface area (TPSA) is 78.8 Å². The van der Waals surface area contributed by atoms with Gasteiger partial charge in [0.1, 0.15) is 10.8 Å². The summed E-state index contributed by atoms with van der Waals surface area (Å²) in [6, 6.07) is 15.5. The molecule has 0 radical (unpaired) electrons. The molecule has 26 heavy (non-hydrogen) atoms. The number of anilines is 1. The minimum atomic E-state index is 0.438. The molecule has 0 bridgehead atoms. The number of aromatic nitrogens is 4. The molecular weight excluding hydrogens is 414 g/mol. The molecule has 130 valence electrons. The number of methoxy groups -OCH3 is 1. The summed E-state index contributed by atoms with van der Waals surface area (Å²) in [4.78, 5) is 4.67. The zero-order chi connectivity index (χ0) is 18.1. The molecule has 2 heterocycles. The van der Waals surface area contributed by atoms with Crippen molar-refractivity contribution in [2.24, 2.45) is 0 Å². The van der Waals surface area contributed by atoms with Crippen LogP contribution in [-0.4, -0.2) is 27.1 Å². The normalized spacial score (nSPS) is 10.8. The molecule has 2 aromatic heterocycles. The number of nitrogen functional groups attached to an aromatic ring is 1. The smallest absolute Gasteiger partial charge is 0.165 e. The lowest BCUT2D eigenvalue weighted by Crippen LogP contribution is -2.02. The van der Waals surface area contributed by atoms with Crippen LogP contribution in [0.25, 0.3) is 27.6 Å². The Balaban J connectivity index is 1.71. The number of nitrogens with two attached hydrogens (primary N) is 1. The molecule has 0 spiro atoms. The van der Waals surface area contributed by atoms with Crippen molar-refractivity contribution < 1.29 is 4.74 Å². The first-order valence-electron chi connectivity index (χ1n) is 7.73. The second kappa shape index (κ2) is 6.89. The Kier molecular flexibility index (Phi) is 4.44. The third-order valence-corrected chi connectivity index (χ3v) is 5.17. The molecule has 0 saturated carbocycles. The van der Waals surface area contributed by atoms with E-state index in [9.17, 15) is 0 Å². The van der Waals surface area contributed by atoms with E-state index in [1.807, 2.05) is 53.9 Å². The molecule has 0 aliphatic rings. The second-order valence-electron chi connectivity index (χ2n) is 5.48. The molecule has 2 N–H and O–H groups in total. The Hall–Kier alpha value is -2.71. The van der Waals surface area contributed by atoms with Crippen LogP contribution in [0.3, 0.4) is 0 Å². The Morgan fingerprint density at radius 2 is 2.00 bits per heavy atom. The number of thiazole rings is 1. The molecule has 4 aromatic rings. The molecule has 0 saturated heterocycles. The van der Waals surface area contributed by atoms with Crippen LogP contribution >= 0.6 is 27.3 Å². The Morgan fingerprint density at radius 3 is 2.81 bits per heavy atom. The highest BCUT2D eigenvalue weighted by Gasteiger charge is 2.17. The van der Waals surface area contributed by atoms with Crippen LogP contribution in [0.1, 0.15) is 0 Å². The van der Waals surface area contributed by atoms with E-state index >= 15 is 0 Å². The van der Waals surface area contributed by atoms with Crippen molar-refractivity contribution in [1.82, 2.24) is 20.0 Å². The van der Waals surface area contributed by atoms with E-state index in [-0.39, 0.29) is 0 Å². The third-order valence-electron chi connectivity index (χ3n) is 3.83. The van der Waals surface area contributed by atoms with Gasteiger partial charge in [-0.2, -0.15) is 4.68 Å². The van der Waals surface area contributed by atoms with Crippen LogP contribution < -0.4 is 10.5 Å². The fourth-order valence-corrected chi connectivity index (χ4v) is 3.76. The summed E-state index contributed by atoms with van der Waals surface area (Å²) < 4.78 is 7.84. The first kappa shape index (κ1) is 16.7. The summed E-state index contributed by atoms with van der Waals surface area (Å²) in [6.07, 6.45) is 0. The van der Waals surface area contributed by atoms with Gasteiger partial charge in [-0.25, -0.2) is 4.98 Å². The van der Waals surface area contributed by atoms with E-state index in [2.05, 4.69) is 31.2 Å². The number of hydrogen-bond donors (Lipinski definition) is 1. The highest BCUT2D eigenvalue weighted by atomic mass is 79.9. The monoisotopic (exact) mass is 427 g/mol. The highest BCUT2D eigenvalue weighted by molar-refractivity contribution is 9.10. The zero-order valence-electron chi connectivity index (χ0n) is 13.8. The van der Waals surface area contributed by atoms with E-state index in [1.165, 1.54) is 11.3 Å². The van der Waals surface area contributed by atoms with Gasteiger partial charge in [-0.15, -0.1) is 16.4 Å². The standard InChI is InChI=1S/C18H14BrN5OS/c1-25-14-7-3-6-13(9-14)24-17(20)16(22-23-24)18-21-15(10-26-18)11-4-2-5-12(19)8-11/h2-10H,20H2,1H3. The van der Waals surface area contributed by atoms with E-state index in [1.54, 1.807) is 11.8 Å². The molecule has 0 amide bonds. The van der Waals surface area contributed by atoms with Crippen LogP contribution in [-0.2, 0) is 0 Å². The zero-order valence-corrected chi connectivity index (χ0v) is 16.2. The van der Waals surface area contributed by atoms with E-state index in [0.29, 0.717) is 11.5 Å². The summed E-state index contributed by atoms with van der Waals surface area (Å²) in [5, 5.41) is 11.1. The highest BCUT2D eigenvalue weighted by Crippen LogP contribution is 2.32. The molecule has 0 unspecified atom stereocenters. The number of rotatable bonds is 4. The van der Waals surface area contributed by atoms with Crippen LogP contribution in [0, 0.1) is 0 Å². The third kappa shape index (κ3) is 3.09. The lowest BCUT2D eigenvalue weighted by atomic mass is 10.2. The van der Waals surface area contributed by atoms with E-state index in [0.717, 1.165) is 32.2 Å². The van der Waals surface area contributed by atoms with Gasteiger partial charge < -0.3 is 10.5 Å². The minimum absolute atomic E-state index is 0.438. The predicted octanol–water partition coefficient (Wildman–Crippen LogP) is 4.41. The number of ether oxygens (including phenoxy) is 1. The molecule has 8 heteroatoms. The maximum Gasteiger partial charge on any atom is 0.165 e. The first-order valence-corrected chi connectivity index (χ1v) is 9.40. The van der Waals surface area contributed by atoms with Gasteiger partial charge in [-0.05, 0) is 24.3 Å². The molecular formula is C18H14BrN5OS. The SMILES string of the molecule is COc1cccc(-n2nnc(-c3nc(-c4cccc(Br)c4)cs3)c2N)c1. The summed E-state index contributed by atoms with van der Waals surface area (Å²) >= 11 is 4.97. The van der Waals surface area contributed by atoms with Gasteiger partial charge >= 0.3 is 0 Å². The van der Waals surface area contributed by atoms with E-state index < -0.39 is 0 Å². The maximum atomic E-state index is 6.29. The summed E-state index contributed by atoms with van der Waals surface area (Å²) in [7, 11) is 1.62. The summed E-state index contributed by atoms with van der Waals surface area (Å²) in [5.41, 5.74) is 9.54. The molecule has 0 aliphatic carbocycles. The first-order chi connectivity index (χ1) is 12.7. The molecule has 0 fully saturated rings. The molecule has 4 rings (SSSR count). The van der Waals surface area contributed by atoms with Crippen LogP contribution in [0.4, 0.5) is 5.82 Å². The van der Waals surface area contributed by atoms with Crippen LogP contribution in [0.2, 0.25) is 0 Å². The lowest BCUT2D eigenvalue weighted by molar-refractivity contribution is 0.414. The summed E-state index contributed by atoms with van der Waals surface area (Å²) in [6.45, 7) is 0. The second-order valence-corrected chi connectivity index (χ2v) is 7.26. The Morgan fingerprint density at radius 1 is 1.15 bits per heavy atom. The fourth-order valence-electron chi connectivity index (χ4n) is 2.54. The fraction of sp³-hybridized carbons (Fsp3) is 0.0556.